The summed E-state index contributed by atoms with van der Waals surface area (Å²) in [5.74, 6) is -0.466. The summed E-state index contributed by atoms with van der Waals surface area (Å²) < 4.78 is 1.54. The Balaban J connectivity index is 1.50. The Morgan fingerprint density at radius 1 is 1.13 bits per heavy atom. The van der Waals surface area contributed by atoms with Crippen LogP contribution in [0, 0.1) is 0 Å². The van der Waals surface area contributed by atoms with Crippen molar-refractivity contribution in [2.45, 2.75) is 43.4 Å². The number of hydrogen-bond acceptors (Lipinski definition) is 6. The molecule has 0 aliphatic heterocycles. The molecule has 0 saturated heterocycles. The summed E-state index contributed by atoms with van der Waals surface area (Å²) in [5.41, 5.74) is 1.23. The molecule has 160 valence electrons. The van der Waals surface area contributed by atoms with Gasteiger partial charge in [-0.2, -0.15) is 0 Å². The highest BCUT2D eigenvalue weighted by atomic mass is 32.2. The van der Waals surface area contributed by atoms with Gasteiger partial charge in [-0.1, -0.05) is 42.8 Å². The van der Waals surface area contributed by atoms with Crippen molar-refractivity contribution >= 4 is 34.6 Å². The van der Waals surface area contributed by atoms with Crippen LogP contribution in [0.4, 0.5) is 4.79 Å². The molecule has 3 amide bonds. The van der Waals surface area contributed by atoms with E-state index in [9.17, 15) is 14.4 Å². The number of amides is 3. The van der Waals surface area contributed by atoms with E-state index < -0.39 is 11.9 Å². The average Bonchev–Trinajstić information content (AvgIpc) is 3.28. The minimum atomic E-state index is -0.475. The molecule has 0 unspecified atom stereocenters. The Kier molecular flexibility index (Phi) is 6.61. The van der Waals surface area contributed by atoms with E-state index in [0.717, 1.165) is 43.0 Å². The molecule has 1 aliphatic carbocycles. The molecule has 1 saturated carbocycles. The van der Waals surface area contributed by atoms with Crippen LogP contribution < -0.4 is 16.2 Å². The van der Waals surface area contributed by atoms with Gasteiger partial charge in [0.05, 0.1) is 23.2 Å². The number of nitrogens with one attached hydrogen (secondary N) is 2. The summed E-state index contributed by atoms with van der Waals surface area (Å²) in [5, 5.41) is 6.12. The predicted molar refractivity (Wildman–Crippen MR) is 119 cm³/mol. The van der Waals surface area contributed by atoms with E-state index in [1.807, 2.05) is 12.1 Å². The van der Waals surface area contributed by atoms with Crippen molar-refractivity contribution in [1.82, 2.24) is 25.2 Å². The van der Waals surface area contributed by atoms with Gasteiger partial charge in [0, 0.05) is 18.4 Å². The van der Waals surface area contributed by atoms with Gasteiger partial charge in [-0.15, -0.1) is 0 Å². The molecule has 1 aromatic carbocycles. The molecule has 2 heterocycles. The summed E-state index contributed by atoms with van der Waals surface area (Å²) in [4.78, 5) is 46.1. The van der Waals surface area contributed by atoms with Crippen molar-refractivity contribution in [1.29, 1.82) is 0 Å². The van der Waals surface area contributed by atoms with E-state index >= 15 is 0 Å². The van der Waals surface area contributed by atoms with Crippen molar-refractivity contribution in [2.24, 2.45) is 0 Å². The zero-order valence-electron chi connectivity index (χ0n) is 16.9. The Labute approximate surface area is 183 Å². The Bertz CT molecular complexity index is 1140. The lowest BCUT2D eigenvalue weighted by atomic mass is 10.2. The number of pyridine rings is 1. The van der Waals surface area contributed by atoms with Gasteiger partial charge in [0.1, 0.15) is 0 Å². The molecule has 9 heteroatoms. The number of benzene rings is 1. The van der Waals surface area contributed by atoms with Gasteiger partial charge >= 0.3 is 6.03 Å². The van der Waals surface area contributed by atoms with Gasteiger partial charge in [0.15, 0.2) is 5.16 Å². The first-order chi connectivity index (χ1) is 15.1. The van der Waals surface area contributed by atoms with Crippen molar-refractivity contribution < 1.29 is 9.59 Å². The molecule has 1 aliphatic rings. The smallest absolute Gasteiger partial charge is 0.321 e. The van der Waals surface area contributed by atoms with Gasteiger partial charge in [-0.05, 0) is 36.6 Å². The van der Waals surface area contributed by atoms with Gasteiger partial charge in [0.25, 0.3) is 5.56 Å². The largest absolute Gasteiger partial charge is 0.335 e. The molecular weight excluding hydrogens is 414 g/mol. The summed E-state index contributed by atoms with van der Waals surface area (Å²) in [7, 11) is 0. The van der Waals surface area contributed by atoms with Gasteiger partial charge in [0.2, 0.25) is 5.91 Å². The SMILES string of the molecule is O=C(CSc1nc2ccccc2c(=O)n1Cc1cccnc1)NC(=O)NC1CCCC1. The van der Waals surface area contributed by atoms with Crippen molar-refractivity contribution in [3.05, 3.63) is 64.7 Å². The molecule has 4 rings (SSSR count). The minimum absolute atomic E-state index is 0.0318. The number of rotatable bonds is 6. The zero-order chi connectivity index (χ0) is 21.6. The quantitative estimate of drug-likeness (QED) is 0.454. The van der Waals surface area contributed by atoms with Gasteiger partial charge in [-0.3, -0.25) is 24.5 Å². The highest BCUT2D eigenvalue weighted by molar-refractivity contribution is 7.99. The Hall–Kier alpha value is -3.20. The van der Waals surface area contributed by atoms with Crippen LogP contribution in [0.5, 0.6) is 0 Å². The van der Waals surface area contributed by atoms with Crippen LogP contribution in [-0.2, 0) is 11.3 Å². The number of carbonyl (C=O) groups excluding carboxylic acids is 2. The van der Waals surface area contributed by atoms with Crippen LogP contribution in [0.3, 0.4) is 0 Å². The molecular formula is C22H23N5O3S. The van der Waals surface area contributed by atoms with E-state index in [4.69, 9.17) is 0 Å². The highest BCUT2D eigenvalue weighted by Crippen LogP contribution is 2.19. The second-order valence-corrected chi connectivity index (χ2v) is 8.40. The topological polar surface area (TPSA) is 106 Å². The summed E-state index contributed by atoms with van der Waals surface area (Å²) in [6.45, 7) is 0.288. The fourth-order valence-electron chi connectivity index (χ4n) is 3.66. The van der Waals surface area contributed by atoms with Crippen LogP contribution in [0.1, 0.15) is 31.2 Å². The summed E-state index contributed by atoms with van der Waals surface area (Å²) in [6.07, 6.45) is 7.43. The van der Waals surface area contributed by atoms with Crippen LogP contribution >= 0.6 is 11.8 Å². The molecule has 3 aromatic rings. The molecule has 0 spiro atoms. The number of imide groups is 1. The van der Waals surface area contributed by atoms with Crippen LogP contribution in [0.2, 0.25) is 0 Å². The van der Waals surface area contributed by atoms with E-state index in [-0.39, 0.29) is 23.9 Å². The number of carbonyl (C=O) groups is 2. The third-order valence-corrected chi connectivity index (χ3v) is 6.14. The first-order valence-electron chi connectivity index (χ1n) is 10.2. The lowest BCUT2D eigenvalue weighted by Gasteiger charge is -2.14. The van der Waals surface area contributed by atoms with Crippen LogP contribution in [0.15, 0.2) is 58.7 Å². The highest BCUT2D eigenvalue weighted by Gasteiger charge is 2.19. The van der Waals surface area contributed by atoms with Gasteiger partial charge in [-0.25, -0.2) is 9.78 Å². The molecule has 0 atom stereocenters. The molecule has 0 radical (unpaired) electrons. The third-order valence-electron chi connectivity index (χ3n) is 5.17. The molecule has 8 nitrogen and oxygen atoms in total. The average molecular weight is 438 g/mol. The zero-order valence-corrected chi connectivity index (χ0v) is 17.7. The maximum atomic E-state index is 13.1. The molecule has 0 bridgehead atoms. The maximum absolute atomic E-state index is 13.1. The number of nitrogens with zero attached hydrogens (tertiary/aromatic N) is 3. The summed E-state index contributed by atoms with van der Waals surface area (Å²) in [6, 6.07) is 10.5. The molecule has 2 N–H and O–H groups in total. The van der Waals surface area contributed by atoms with E-state index in [1.54, 1.807) is 36.7 Å². The number of aromatic nitrogens is 3. The standard InChI is InChI=1S/C22H23N5O3S/c28-19(26-21(30)24-16-7-1-2-8-16)14-31-22-25-18-10-4-3-9-17(18)20(29)27(22)13-15-6-5-11-23-12-15/h3-6,9-12,16H,1-2,7-8,13-14H2,(H2,24,26,28,30). The van der Waals surface area contributed by atoms with E-state index in [0.29, 0.717) is 16.1 Å². The number of urea groups is 1. The van der Waals surface area contributed by atoms with Crippen molar-refractivity contribution in [2.75, 3.05) is 5.75 Å². The number of thioether (sulfide) groups is 1. The molecule has 31 heavy (non-hydrogen) atoms. The fraction of sp³-hybridized carbons (Fsp3) is 0.318. The number of para-hydroxylation sites is 1. The van der Waals surface area contributed by atoms with E-state index in [2.05, 4.69) is 20.6 Å². The minimum Gasteiger partial charge on any atom is -0.335 e. The fourth-order valence-corrected chi connectivity index (χ4v) is 4.45. The second kappa shape index (κ2) is 9.74. The summed E-state index contributed by atoms with van der Waals surface area (Å²) >= 11 is 1.13. The van der Waals surface area contributed by atoms with Crippen molar-refractivity contribution in [3.8, 4) is 0 Å². The monoisotopic (exact) mass is 437 g/mol. The second-order valence-electron chi connectivity index (χ2n) is 7.46. The van der Waals surface area contributed by atoms with Crippen molar-refractivity contribution in [3.63, 3.8) is 0 Å². The lowest BCUT2D eigenvalue weighted by molar-refractivity contribution is -0.117. The number of hydrogen-bond donors (Lipinski definition) is 2. The third kappa shape index (κ3) is 5.29. The predicted octanol–water partition coefficient (Wildman–Crippen LogP) is 2.70. The van der Waals surface area contributed by atoms with Gasteiger partial charge < -0.3 is 5.32 Å². The lowest BCUT2D eigenvalue weighted by Crippen LogP contribution is -2.44. The molecule has 1 fully saturated rings. The Morgan fingerprint density at radius 2 is 1.94 bits per heavy atom. The van der Waals surface area contributed by atoms with Crippen LogP contribution in [-0.4, -0.2) is 38.3 Å². The molecule has 2 aromatic heterocycles. The Morgan fingerprint density at radius 3 is 2.71 bits per heavy atom. The number of fused-ring (bicyclic) bond motifs is 1. The first-order valence-corrected chi connectivity index (χ1v) is 11.2. The van der Waals surface area contributed by atoms with E-state index in [1.165, 1.54) is 4.57 Å². The first kappa shape index (κ1) is 21.0. The normalized spacial score (nSPS) is 13.9. The maximum Gasteiger partial charge on any atom is 0.321 e. The van der Waals surface area contributed by atoms with Crippen LogP contribution in [0.25, 0.3) is 10.9 Å².